The number of aromatic nitrogens is 1. The van der Waals surface area contributed by atoms with Crippen LogP contribution in [-0.2, 0) is 0 Å². The summed E-state index contributed by atoms with van der Waals surface area (Å²) in [7, 11) is 0. The summed E-state index contributed by atoms with van der Waals surface area (Å²) in [5.74, 6) is -0.00347. The molecule has 0 aliphatic heterocycles. The Bertz CT molecular complexity index is 669. The van der Waals surface area contributed by atoms with Crippen LogP contribution in [0.1, 0.15) is 26.3 Å². The zero-order valence-corrected chi connectivity index (χ0v) is 10.7. The number of fused-ring (bicyclic) bond motifs is 1. The molecule has 0 radical (unpaired) electrons. The van der Waals surface area contributed by atoms with Crippen LogP contribution >= 0.6 is 0 Å². The predicted octanol–water partition coefficient (Wildman–Crippen LogP) is 2.45. The summed E-state index contributed by atoms with van der Waals surface area (Å²) in [5.41, 5.74) is 1.12. The van der Waals surface area contributed by atoms with Gasteiger partial charge in [0.15, 0.2) is 0 Å². The van der Waals surface area contributed by atoms with E-state index in [-0.39, 0.29) is 22.9 Å². The first-order valence-corrected chi connectivity index (χ1v) is 5.89. The third-order valence-corrected chi connectivity index (χ3v) is 2.71. The van der Waals surface area contributed by atoms with Crippen molar-refractivity contribution in [3.05, 3.63) is 40.2 Å². The lowest BCUT2D eigenvalue weighted by Gasteiger charge is -2.08. The average Bonchev–Trinajstić information content (AvgIpc) is 2.27. The highest BCUT2D eigenvalue weighted by atomic mass is 16.3. The van der Waals surface area contributed by atoms with Crippen molar-refractivity contribution in [3.63, 3.8) is 0 Å². The van der Waals surface area contributed by atoms with Crippen LogP contribution in [0, 0.1) is 0 Å². The highest BCUT2D eigenvalue weighted by Crippen LogP contribution is 2.24. The van der Waals surface area contributed by atoms with Crippen molar-refractivity contribution in [1.29, 1.82) is 0 Å². The van der Waals surface area contributed by atoms with E-state index in [1.54, 1.807) is 19.1 Å². The van der Waals surface area contributed by atoms with Gasteiger partial charge < -0.3 is 10.1 Å². The molecule has 0 saturated heterocycles. The highest BCUT2D eigenvalue weighted by molar-refractivity contribution is 6.05. The maximum atomic E-state index is 12.0. The molecule has 0 bridgehead atoms. The monoisotopic (exact) mass is 244 g/mol. The van der Waals surface area contributed by atoms with Crippen LogP contribution in [-0.4, -0.2) is 21.8 Å². The Hall–Kier alpha value is -2.10. The number of pyridine rings is 1. The number of aromatic amines is 1. The normalized spacial score (nSPS) is 12.3. The Labute approximate surface area is 105 Å². The van der Waals surface area contributed by atoms with E-state index < -0.39 is 0 Å². The van der Waals surface area contributed by atoms with Crippen LogP contribution in [0.4, 0.5) is 0 Å². The molecule has 2 N–H and O–H groups in total. The first-order valence-electron chi connectivity index (χ1n) is 5.89. The van der Waals surface area contributed by atoms with Crippen molar-refractivity contribution < 1.29 is 5.11 Å². The molecule has 0 atom stereocenters. The summed E-state index contributed by atoms with van der Waals surface area (Å²) in [6, 6.07) is 7.24. The van der Waals surface area contributed by atoms with Gasteiger partial charge in [0.05, 0.1) is 5.52 Å². The van der Waals surface area contributed by atoms with Gasteiger partial charge in [-0.25, -0.2) is 0 Å². The lowest BCUT2D eigenvalue weighted by atomic mass is 10.1. The Kier molecular flexibility index (Phi) is 3.19. The summed E-state index contributed by atoms with van der Waals surface area (Å²) >= 11 is 0. The first kappa shape index (κ1) is 12.4. The molecule has 2 aromatic rings. The van der Waals surface area contributed by atoms with E-state index in [1.165, 1.54) is 0 Å². The molecule has 94 valence electrons. The number of benzene rings is 1. The third kappa shape index (κ3) is 2.14. The van der Waals surface area contributed by atoms with E-state index in [9.17, 15) is 9.90 Å². The largest absolute Gasteiger partial charge is 0.506 e. The first-order chi connectivity index (χ1) is 8.50. The van der Waals surface area contributed by atoms with Gasteiger partial charge >= 0.3 is 0 Å². The minimum absolute atomic E-state index is 0.00347. The Morgan fingerprint density at radius 3 is 2.67 bits per heavy atom. The van der Waals surface area contributed by atoms with Crippen LogP contribution in [0.25, 0.3) is 10.9 Å². The SMILES string of the molecule is CC(=NC(C)C)c1c(O)c2ccccc2[nH]c1=O. The van der Waals surface area contributed by atoms with Crippen molar-refractivity contribution in [2.45, 2.75) is 26.8 Å². The highest BCUT2D eigenvalue weighted by Gasteiger charge is 2.14. The van der Waals surface area contributed by atoms with Crippen molar-refractivity contribution in [2.24, 2.45) is 4.99 Å². The molecule has 18 heavy (non-hydrogen) atoms. The van der Waals surface area contributed by atoms with Crippen LogP contribution in [0.3, 0.4) is 0 Å². The maximum Gasteiger partial charge on any atom is 0.261 e. The fraction of sp³-hybridized carbons (Fsp3) is 0.286. The zero-order valence-electron chi connectivity index (χ0n) is 10.7. The number of hydrogen-bond donors (Lipinski definition) is 2. The number of para-hydroxylation sites is 1. The number of nitrogens with zero attached hydrogens (tertiary/aromatic N) is 1. The molecule has 0 spiro atoms. The second-order valence-electron chi connectivity index (χ2n) is 4.53. The molecule has 0 fully saturated rings. The minimum atomic E-state index is -0.312. The summed E-state index contributed by atoms with van der Waals surface area (Å²) in [4.78, 5) is 19.1. The molecule has 4 heteroatoms. The van der Waals surface area contributed by atoms with Crippen LogP contribution in [0.2, 0.25) is 0 Å². The topological polar surface area (TPSA) is 65.5 Å². The molecular weight excluding hydrogens is 228 g/mol. The van der Waals surface area contributed by atoms with Gasteiger partial charge in [0.2, 0.25) is 0 Å². The number of nitrogens with one attached hydrogen (secondary N) is 1. The quantitative estimate of drug-likeness (QED) is 0.797. The van der Waals surface area contributed by atoms with E-state index in [0.29, 0.717) is 16.6 Å². The molecule has 0 aliphatic rings. The van der Waals surface area contributed by atoms with Gasteiger partial charge in [-0.1, -0.05) is 12.1 Å². The molecule has 1 aromatic heterocycles. The Morgan fingerprint density at radius 1 is 1.33 bits per heavy atom. The Balaban J connectivity index is 2.76. The fourth-order valence-corrected chi connectivity index (χ4v) is 2.01. The maximum absolute atomic E-state index is 12.0. The zero-order chi connectivity index (χ0) is 13.3. The minimum Gasteiger partial charge on any atom is -0.506 e. The summed E-state index contributed by atoms with van der Waals surface area (Å²) < 4.78 is 0. The smallest absolute Gasteiger partial charge is 0.261 e. The standard InChI is InChI=1S/C14H16N2O2/c1-8(2)15-9(3)12-13(17)10-6-4-5-7-11(10)16-14(12)18/h4-8H,1-3H3,(H2,16,17,18). The lowest BCUT2D eigenvalue weighted by Crippen LogP contribution is -2.17. The van der Waals surface area contributed by atoms with Gasteiger partial charge in [0.1, 0.15) is 11.3 Å². The lowest BCUT2D eigenvalue weighted by molar-refractivity contribution is 0.479. The van der Waals surface area contributed by atoms with E-state index in [4.69, 9.17) is 0 Å². The van der Waals surface area contributed by atoms with Crippen molar-refractivity contribution in [1.82, 2.24) is 4.98 Å². The number of aromatic hydroxyl groups is 1. The molecule has 0 aliphatic carbocycles. The fourth-order valence-electron chi connectivity index (χ4n) is 2.01. The molecular formula is C14H16N2O2. The van der Waals surface area contributed by atoms with E-state index in [1.807, 2.05) is 26.0 Å². The van der Waals surface area contributed by atoms with Crippen molar-refractivity contribution in [3.8, 4) is 5.75 Å². The molecule has 0 saturated carbocycles. The van der Waals surface area contributed by atoms with Crippen molar-refractivity contribution in [2.75, 3.05) is 0 Å². The second-order valence-corrected chi connectivity index (χ2v) is 4.53. The van der Waals surface area contributed by atoms with Crippen molar-refractivity contribution >= 4 is 16.6 Å². The van der Waals surface area contributed by atoms with Gasteiger partial charge in [0.25, 0.3) is 5.56 Å². The molecule has 0 amide bonds. The van der Waals surface area contributed by atoms with Crippen LogP contribution in [0.5, 0.6) is 5.75 Å². The van der Waals surface area contributed by atoms with Gasteiger partial charge in [-0.2, -0.15) is 0 Å². The molecule has 4 nitrogen and oxygen atoms in total. The number of hydrogen-bond acceptors (Lipinski definition) is 3. The van der Waals surface area contributed by atoms with Gasteiger partial charge in [-0.05, 0) is 32.9 Å². The summed E-state index contributed by atoms with van der Waals surface area (Å²) in [5, 5.41) is 10.8. The Morgan fingerprint density at radius 2 is 2.00 bits per heavy atom. The molecule has 2 rings (SSSR count). The van der Waals surface area contributed by atoms with E-state index in [0.717, 1.165) is 0 Å². The number of H-pyrrole nitrogens is 1. The second kappa shape index (κ2) is 4.64. The van der Waals surface area contributed by atoms with Gasteiger partial charge in [-0.15, -0.1) is 0 Å². The average molecular weight is 244 g/mol. The summed E-state index contributed by atoms with van der Waals surface area (Å²) in [6.07, 6.45) is 0. The molecule has 0 unspecified atom stereocenters. The predicted molar refractivity (Wildman–Crippen MR) is 73.6 cm³/mol. The summed E-state index contributed by atoms with van der Waals surface area (Å²) in [6.45, 7) is 5.59. The molecule has 1 aromatic carbocycles. The van der Waals surface area contributed by atoms with Crippen LogP contribution in [0.15, 0.2) is 34.1 Å². The van der Waals surface area contributed by atoms with Gasteiger partial charge in [0, 0.05) is 17.1 Å². The van der Waals surface area contributed by atoms with Gasteiger partial charge in [-0.3, -0.25) is 9.79 Å². The van der Waals surface area contributed by atoms with E-state index in [2.05, 4.69) is 9.98 Å². The van der Waals surface area contributed by atoms with Crippen LogP contribution < -0.4 is 5.56 Å². The number of aliphatic imine (C=N–C) groups is 1. The molecule has 1 heterocycles. The third-order valence-electron chi connectivity index (χ3n) is 2.71. The number of rotatable bonds is 2. The van der Waals surface area contributed by atoms with E-state index >= 15 is 0 Å².